The van der Waals surface area contributed by atoms with Gasteiger partial charge in [0.25, 0.3) is 0 Å². The zero-order valence-electron chi connectivity index (χ0n) is 7.45. The van der Waals surface area contributed by atoms with Crippen LogP contribution in [-0.2, 0) is 4.79 Å². The predicted molar refractivity (Wildman–Crippen MR) is 51.0 cm³/mol. The van der Waals surface area contributed by atoms with Crippen LogP contribution in [0.4, 0.5) is 0 Å². The molecular weight excluding hydrogens is 208 g/mol. The Hall–Kier alpha value is -1.42. The smallest absolute Gasteiger partial charge is 0.341 e. The molecule has 0 radical (unpaired) electrons. The average molecular weight is 217 g/mol. The van der Waals surface area contributed by atoms with Crippen LogP contribution in [0.15, 0.2) is 12.1 Å². The van der Waals surface area contributed by atoms with Crippen LogP contribution >= 0.6 is 11.6 Å². The predicted octanol–water partition coefficient (Wildman–Crippen LogP) is 1.82. The van der Waals surface area contributed by atoms with Crippen LogP contribution in [0.1, 0.15) is 5.56 Å². The molecule has 0 aliphatic heterocycles. The zero-order chi connectivity index (χ0) is 10.7. The largest absolute Gasteiger partial charge is 0.504 e. The number of carbonyl (C=O) groups is 1. The van der Waals surface area contributed by atoms with E-state index in [2.05, 4.69) is 0 Å². The number of ether oxygens (including phenoxy) is 1. The van der Waals surface area contributed by atoms with Gasteiger partial charge in [-0.1, -0.05) is 11.6 Å². The molecule has 0 atom stereocenters. The van der Waals surface area contributed by atoms with E-state index in [0.29, 0.717) is 10.6 Å². The van der Waals surface area contributed by atoms with E-state index in [4.69, 9.17) is 21.4 Å². The molecule has 5 heteroatoms. The third-order valence-electron chi connectivity index (χ3n) is 1.56. The molecule has 1 aromatic carbocycles. The minimum absolute atomic E-state index is 0.150. The van der Waals surface area contributed by atoms with Crippen molar-refractivity contribution >= 4 is 17.6 Å². The van der Waals surface area contributed by atoms with Crippen molar-refractivity contribution in [1.29, 1.82) is 0 Å². The molecule has 1 aromatic rings. The van der Waals surface area contributed by atoms with Crippen molar-refractivity contribution in [2.24, 2.45) is 0 Å². The van der Waals surface area contributed by atoms with E-state index in [9.17, 15) is 9.90 Å². The normalized spacial score (nSPS) is 9.86. The van der Waals surface area contributed by atoms with Crippen LogP contribution in [0.2, 0.25) is 5.02 Å². The van der Waals surface area contributed by atoms with Crippen LogP contribution in [0.3, 0.4) is 0 Å². The Balaban J connectivity index is 2.91. The van der Waals surface area contributed by atoms with Gasteiger partial charge in [-0.05, 0) is 18.6 Å². The van der Waals surface area contributed by atoms with Gasteiger partial charge in [0.1, 0.15) is 0 Å². The van der Waals surface area contributed by atoms with Gasteiger partial charge >= 0.3 is 5.97 Å². The summed E-state index contributed by atoms with van der Waals surface area (Å²) >= 11 is 5.65. The summed E-state index contributed by atoms with van der Waals surface area (Å²) < 4.78 is 4.88. The van der Waals surface area contributed by atoms with Gasteiger partial charge in [-0.25, -0.2) is 4.79 Å². The lowest BCUT2D eigenvalue weighted by Gasteiger charge is -2.09. The van der Waals surface area contributed by atoms with Crippen molar-refractivity contribution in [3.05, 3.63) is 22.7 Å². The number of carboxylic acid groups (broad SMARTS) is 1. The number of phenols is 1. The van der Waals surface area contributed by atoms with Gasteiger partial charge < -0.3 is 14.9 Å². The lowest BCUT2D eigenvalue weighted by Crippen LogP contribution is -2.10. The highest BCUT2D eigenvalue weighted by molar-refractivity contribution is 6.30. The van der Waals surface area contributed by atoms with Crippen LogP contribution in [0.5, 0.6) is 11.5 Å². The molecule has 0 fully saturated rings. The second-order valence-electron chi connectivity index (χ2n) is 2.75. The number of rotatable bonds is 3. The number of halogens is 1. The van der Waals surface area contributed by atoms with E-state index in [1.807, 2.05) is 0 Å². The Bertz CT molecular complexity index is 339. The van der Waals surface area contributed by atoms with Crippen LogP contribution < -0.4 is 4.74 Å². The summed E-state index contributed by atoms with van der Waals surface area (Å²) in [7, 11) is 0. The fourth-order valence-corrected chi connectivity index (χ4v) is 1.30. The Morgan fingerprint density at radius 1 is 1.57 bits per heavy atom. The van der Waals surface area contributed by atoms with Gasteiger partial charge in [0.15, 0.2) is 18.1 Å². The summed E-state index contributed by atoms with van der Waals surface area (Å²) in [6.45, 7) is 1.18. The molecule has 0 aromatic heterocycles. The molecule has 0 heterocycles. The molecular formula is C9H9ClO4. The molecule has 1 rings (SSSR count). The second-order valence-corrected chi connectivity index (χ2v) is 3.19. The van der Waals surface area contributed by atoms with Gasteiger partial charge in [-0.15, -0.1) is 0 Å². The minimum atomic E-state index is -1.10. The Morgan fingerprint density at radius 2 is 2.21 bits per heavy atom. The first-order valence-corrected chi connectivity index (χ1v) is 4.22. The van der Waals surface area contributed by atoms with E-state index in [0.717, 1.165) is 0 Å². The number of phenolic OH excluding ortho intramolecular Hbond substituents is 1. The standard InChI is InChI=1S/C9H9ClO4/c1-5-2-6(10)3-7(11)9(5)14-4-8(12)13/h2-3,11H,4H2,1H3,(H,12,13). The highest BCUT2D eigenvalue weighted by Crippen LogP contribution is 2.32. The number of hydrogen-bond donors (Lipinski definition) is 2. The van der Waals surface area contributed by atoms with Crippen molar-refractivity contribution in [3.63, 3.8) is 0 Å². The maximum atomic E-state index is 10.2. The number of aromatic hydroxyl groups is 1. The second kappa shape index (κ2) is 4.19. The topological polar surface area (TPSA) is 66.8 Å². The molecule has 0 aliphatic rings. The first-order valence-electron chi connectivity index (χ1n) is 3.84. The van der Waals surface area contributed by atoms with Gasteiger partial charge in [0.05, 0.1) is 0 Å². The molecule has 0 saturated heterocycles. The number of aryl methyl sites for hydroxylation is 1. The van der Waals surface area contributed by atoms with Gasteiger partial charge in [0, 0.05) is 11.1 Å². The summed E-state index contributed by atoms with van der Waals surface area (Å²) in [5.74, 6) is -1.10. The van der Waals surface area contributed by atoms with Crippen molar-refractivity contribution < 1.29 is 19.7 Å². The molecule has 4 nitrogen and oxygen atoms in total. The number of benzene rings is 1. The van der Waals surface area contributed by atoms with Crippen molar-refractivity contribution in [2.45, 2.75) is 6.92 Å². The SMILES string of the molecule is Cc1cc(Cl)cc(O)c1OCC(=O)O. The summed E-state index contributed by atoms with van der Waals surface area (Å²) in [5.41, 5.74) is 0.594. The third kappa shape index (κ3) is 2.53. The first-order chi connectivity index (χ1) is 6.50. The van der Waals surface area contributed by atoms with Gasteiger partial charge in [0.2, 0.25) is 0 Å². The molecule has 2 N–H and O–H groups in total. The average Bonchev–Trinajstić information content (AvgIpc) is 2.01. The lowest BCUT2D eigenvalue weighted by molar-refractivity contribution is -0.139. The monoisotopic (exact) mass is 216 g/mol. The molecule has 0 saturated carbocycles. The van der Waals surface area contributed by atoms with E-state index >= 15 is 0 Å². The number of hydrogen-bond acceptors (Lipinski definition) is 3. The van der Waals surface area contributed by atoms with Crippen LogP contribution in [-0.4, -0.2) is 22.8 Å². The van der Waals surface area contributed by atoms with Gasteiger partial charge in [-0.3, -0.25) is 0 Å². The third-order valence-corrected chi connectivity index (χ3v) is 1.78. The molecule has 0 amide bonds. The highest BCUT2D eigenvalue weighted by atomic mass is 35.5. The van der Waals surface area contributed by atoms with E-state index in [1.165, 1.54) is 6.07 Å². The molecule has 14 heavy (non-hydrogen) atoms. The fourth-order valence-electron chi connectivity index (χ4n) is 1.03. The van der Waals surface area contributed by atoms with E-state index < -0.39 is 12.6 Å². The van der Waals surface area contributed by atoms with Gasteiger partial charge in [-0.2, -0.15) is 0 Å². The molecule has 0 bridgehead atoms. The maximum absolute atomic E-state index is 10.2. The van der Waals surface area contributed by atoms with Crippen molar-refractivity contribution in [1.82, 2.24) is 0 Å². The Kier molecular flexibility index (Phi) is 3.19. The molecule has 0 spiro atoms. The lowest BCUT2D eigenvalue weighted by atomic mass is 10.2. The Labute approximate surface area is 85.7 Å². The quantitative estimate of drug-likeness (QED) is 0.809. The highest BCUT2D eigenvalue weighted by Gasteiger charge is 2.09. The van der Waals surface area contributed by atoms with E-state index in [-0.39, 0.29) is 11.5 Å². The summed E-state index contributed by atoms with van der Waals surface area (Å²) in [5, 5.41) is 18.1. The van der Waals surface area contributed by atoms with E-state index in [1.54, 1.807) is 13.0 Å². The molecule has 0 aliphatic carbocycles. The molecule has 76 valence electrons. The zero-order valence-corrected chi connectivity index (χ0v) is 8.21. The summed E-state index contributed by atoms with van der Waals surface area (Å²) in [4.78, 5) is 10.2. The van der Waals surface area contributed by atoms with Crippen LogP contribution in [0.25, 0.3) is 0 Å². The summed E-state index contributed by atoms with van der Waals surface area (Å²) in [6, 6.07) is 2.88. The number of carboxylic acids is 1. The maximum Gasteiger partial charge on any atom is 0.341 e. The minimum Gasteiger partial charge on any atom is -0.504 e. The van der Waals surface area contributed by atoms with Crippen molar-refractivity contribution in [2.75, 3.05) is 6.61 Å². The van der Waals surface area contributed by atoms with Crippen molar-refractivity contribution in [3.8, 4) is 11.5 Å². The Morgan fingerprint density at radius 3 is 2.71 bits per heavy atom. The van der Waals surface area contributed by atoms with Crippen LogP contribution in [0, 0.1) is 6.92 Å². The fraction of sp³-hybridized carbons (Fsp3) is 0.222. The first kappa shape index (κ1) is 10.7. The number of aliphatic carboxylic acids is 1. The molecule has 0 unspecified atom stereocenters. The summed E-state index contributed by atoms with van der Waals surface area (Å²) in [6.07, 6.45) is 0.